The van der Waals surface area contributed by atoms with Crippen LogP contribution in [0.15, 0.2) is 6.07 Å². The molecule has 0 saturated carbocycles. The van der Waals surface area contributed by atoms with Gasteiger partial charge in [0, 0.05) is 26.1 Å². The summed E-state index contributed by atoms with van der Waals surface area (Å²) in [6.45, 7) is 2.31. The Bertz CT molecular complexity index is 699. The molecule has 0 bridgehead atoms. The molecule has 0 radical (unpaired) electrons. The minimum Gasteiger partial charge on any atom is -0.363 e. The Morgan fingerprint density at radius 2 is 2.23 bits per heavy atom. The zero-order chi connectivity index (χ0) is 16.1. The minimum absolute atomic E-state index is 0.196. The van der Waals surface area contributed by atoms with Gasteiger partial charge in [0.1, 0.15) is 11.9 Å². The lowest BCUT2D eigenvalue weighted by atomic mass is 10.1. The SMILES string of the molecule is Cc1cc(NC(=O)[C@@H]2C[C@H]3[C@H](CCN3S(C)(=O)=O)O2)n(C)n1. The number of fused-ring (bicyclic) bond motifs is 1. The van der Waals surface area contributed by atoms with Gasteiger partial charge in [0.25, 0.3) is 5.91 Å². The number of carbonyl (C=O) groups is 1. The van der Waals surface area contributed by atoms with Gasteiger partial charge < -0.3 is 10.1 Å². The Kier molecular flexibility index (Phi) is 3.74. The molecule has 2 saturated heterocycles. The van der Waals surface area contributed by atoms with Crippen LogP contribution in [-0.2, 0) is 26.6 Å². The molecule has 1 aromatic heterocycles. The van der Waals surface area contributed by atoms with Gasteiger partial charge in [-0.1, -0.05) is 0 Å². The smallest absolute Gasteiger partial charge is 0.254 e. The molecule has 1 amide bonds. The highest BCUT2D eigenvalue weighted by atomic mass is 32.2. The first-order valence-electron chi connectivity index (χ1n) is 7.19. The molecule has 2 fully saturated rings. The molecule has 3 atom stereocenters. The van der Waals surface area contributed by atoms with Crippen molar-refractivity contribution in [2.24, 2.45) is 7.05 Å². The average Bonchev–Trinajstić information content (AvgIpc) is 3.01. The topological polar surface area (TPSA) is 93.5 Å². The van der Waals surface area contributed by atoms with Gasteiger partial charge in [-0.2, -0.15) is 9.40 Å². The molecular weight excluding hydrogens is 308 g/mol. The third-order valence-corrected chi connectivity index (χ3v) is 5.50. The maximum atomic E-state index is 12.3. The van der Waals surface area contributed by atoms with Crippen LogP contribution in [0.4, 0.5) is 5.82 Å². The molecule has 1 aromatic rings. The van der Waals surface area contributed by atoms with E-state index in [1.165, 1.54) is 10.6 Å². The number of aryl methyl sites for hydroxylation is 2. The van der Waals surface area contributed by atoms with E-state index in [0.29, 0.717) is 25.2 Å². The maximum Gasteiger partial charge on any atom is 0.254 e. The van der Waals surface area contributed by atoms with E-state index in [4.69, 9.17) is 4.74 Å². The van der Waals surface area contributed by atoms with E-state index in [2.05, 4.69) is 10.4 Å². The molecule has 0 spiro atoms. The van der Waals surface area contributed by atoms with Gasteiger partial charge in [-0.3, -0.25) is 9.48 Å². The fraction of sp³-hybridized carbons (Fsp3) is 0.692. The number of carbonyl (C=O) groups excluding carboxylic acids is 1. The van der Waals surface area contributed by atoms with E-state index in [9.17, 15) is 13.2 Å². The lowest BCUT2D eigenvalue weighted by Gasteiger charge is -2.19. The number of rotatable bonds is 3. The summed E-state index contributed by atoms with van der Waals surface area (Å²) in [6, 6.07) is 1.54. The van der Waals surface area contributed by atoms with E-state index in [-0.39, 0.29) is 18.1 Å². The lowest BCUT2D eigenvalue weighted by Crippen LogP contribution is -2.37. The number of sulfonamides is 1. The molecular formula is C13H20N4O4S. The van der Waals surface area contributed by atoms with Gasteiger partial charge in [-0.25, -0.2) is 8.42 Å². The first kappa shape index (κ1) is 15.4. The van der Waals surface area contributed by atoms with E-state index in [0.717, 1.165) is 5.69 Å². The Morgan fingerprint density at radius 1 is 1.50 bits per heavy atom. The maximum absolute atomic E-state index is 12.3. The molecule has 0 aromatic carbocycles. The first-order chi connectivity index (χ1) is 10.3. The van der Waals surface area contributed by atoms with Crippen molar-refractivity contribution in [2.75, 3.05) is 18.1 Å². The Hall–Kier alpha value is -1.45. The fourth-order valence-electron chi connectivity index (χ4n) is 3.23. The largest absolute Gasteiger partial charge is 0.363 e. The van der Waals surface area contributed by atoms with Crippen LogP contribution in [0.3, 0.4) is 0 Å². The molecule has 122 valence electrons. The van der Waals surface area contributed by atoms with Crippen LogP contribution in [0.2, 0.25) is 0 Å². The number of amides is 1. The number of anilines is 1. The Morgan fingerprint density at radius 3 is 2.82 bits per heavy atom. The van der Waals surface area contributed by atoms with Crippen molar-refractivity contribution >= 4 is 21.7 Å². The summed E-state index contributed by atoms with van der Waals surface area (Å²) in [5.41, 5.74) is 0.810. The molecule has 0 unspecified atom stereocenters. The van der Waals surface area contributed by atoms with Gasteiger partial charge in [0.05, 0.1) is 24.1 Å². The lowest BCUT2D eigenvalue weighted by molar-refractivity contribution is -0.126. The monoisotopic (exact) mass is 328 g/mol. The van der Waals surface area contributed by atoms with Gasteiger partial charge in [-0.05, 0) is 13.3 Å². The highest BCUT2D eigenvalue weighted by Crippen LogP contribution is 2.34. The van der Waals surface area contributed by atoms with Crippen molar-refractivity contribution in [3.8, 4) is 0 Å². The molecule has 1 N–H and O–H groups in total. The summed E-state index contributed by atoms with van der Waals surface area (Å²) in [7, 11) is -1.51. The van der Waals surface area contributed by atoms with E-state index in [1.54, 1.807) is 17.8 Å². The summed E-state index contributed by atoms with van der Waals surface area (Å²) in [4.78, 5) is 12.3. The van der Waals surface area contributed by atoms with Gasteiger partial charge in [0.15, 0.2) is 0 Å². The quantitative estimate of drug-likeness (QED) is 0.833. The van der Waals surface area contributed by atoms with Crippen LogP contribution >= 0.6 is 0 Å². The van der Waals surface area contributed by atoms with Crippen molar-refractivity contribution in [3.05, 3.63) is 11.8 Å². The summed E-state index contributed by atoms with van der Waals surface area (Å²) < 4.78 is 32.3. The number of hydrogen-bond donors (Lipinski definition) is 1. The minimum atomic E-state index is -3.26. The molecule has 2 aliphatic heterocycles. The number of nitrogens with one attached hydrogen (secondary N) is 1. The molecule has 2 aliphatic rings. The predicted octanol–water partition coefficient (Wildman–Crippen LogP) is -0.142. The highest BCUT2D eigenvalue weighted by Gasteiger charge is 2.48. The van der Waals surface area contributed by atoms with Crippen LogP contribution in [-0.4, -0.2) is 59.5 Å². The van der Waals surface area contributed by atoms with Crippen molar-refractivity contribution in [2.45, 2.75) is 38.0 Å². The van der Waals surface area contributed by atoms with Crippen molar-refractivity contribution in [1.29, 1.82) is 0 Å². The zero-order valence-corrected chi connectivity index (χ0v) is 13.6. The first-order valence-corrected chi connectivity index (χ1v) is 9.04. The summed E-state index contributed by atoms with van der Waals surface area (Å²) >= 11 is 0. The number of aromatic nitrogens is 2. The molecule has 3 heterocycles. The third-order valence-electron chi connectivity index (χ3n) is 4.20. The molecule has 3 rings (SSSR count). The van der Waals surface area contributed by atoms with Crippen LogP contribution in [0.1, 0.15) is 18.5 Å². The van der Waals surface area contributed by atoms with Crippen LogP contribution in [0.25, 0.3) is 0 Å². The van der Waals surface area contributed by atoms with Crippen molar-refractivity contribution < 1.29 is 17.9 Å². The normalized spacial score (nSPS) is 28.8. The average molecular weight is 328 g/mol. The van der Waals surface area contributed by atoms with Gasteiger partial charge in [0.2, 0.25) is 10.0 Å². The van der Waals surface area contributed by atoms with Crippen molar-refractivity contribution in [1.82, 2.24) is 14.1 Å². The predicted molar refractivity (Wildman–Crippen MR) is 79.8 cm³/mol. The van der Waals surface area contributed by atoms with Gasteiger partial charge in [-0.15, -0.1) is 0 Å². The fourth-order valence-corrected chi connectivity index (χ4v) is 4.38. The second kappa shape index (κ2) is 5.32. The van der Waals surface area contributed by atoms with Crippen LogP contribution in [0.5, 0.6) is 0 Å². The van der Waals surface area contributed by atoms with E-state index in [1.807, 2.05) is 6.92 Å². The molecule has 0 aliphatic carbocycles. The molecule has 9 heteroatoms. The molecule has 22 heavy (non-hydrogen) atoms. The van der Waals surface area contributed by atoms with Crippen LogP contribution in [0, 0.1) is 6.92 Å². The van der Waals surface area contributed by atoms with E-state index < -0.39 is 16.1 Å². The van der Waals surface area contributed by atoms with Crippen LogP contribution < -0.4 is 5.32 Å². The third kappa shape index (κ3) is 2.75. The van der Waals surface area contributed by atoms with Gasteiger partial charge >= 0.3 is 0 Å². The number of hydrogen-bond acceptors (Lipinski definition) is 5. The molecule has 8 nitrogen and oxygen atoms in total. The zero-order valence-electron chi connectivity index (χ0n) is 12.8. The van der Waals surface area contributed by atoms with E-state index >= 15 is 0 Å². The second-order valence-corrected chi connectivity index (χ2v) is 7.85. The number of nitrogens with zero attached hydrogens (tertiary/aromatic N) is 3. The Balaban J connectivity index is 1.68. The summed E-state index contributed by atoms with van der Waals surface area (Å²) in [5.74, 6) is 0.342. The summed E-state index contributed by atoms with van der Waals surface area (Å²) in [5, 5.41) is 6.95. The second-order valence-electron chi connectivity index (χ2n) is 5.91. The standard InChI is InChI=1S/C13H20N4O4S/c1-8-6-12(16(2)15-8)14-13(18)11-7-9-10(21-11)4-5-17(9)22(3,19)20/h6,9-11H,4-5,7H2,1-3H3,(H,14,18)/t9-,10-,11-/m0/s1. The Labute approximate surface area is 129 Å². The van der Waals surface area contributed by atoms with Crippen molar-refractivity contribution in [3.63, 3.8) is 0 Å². The number of ether oxygens (including phenoxy) is 1. The highest BCUT2D eigenvalue weighted by molar-refractivity contribution is 7.88. The summed E-state index contributed by atoms with van der Waals surface area (Å²) in [6.07, 6.45) is 1.39.